The summed E-state index contributed by atoms with van der Waals surface area (Å²) in [6.07, 6.45) is 0. The van der Waals surface area contributed by atoms with Gasteiger partial charge in [-0.2, -0.15) is 0 Å². The van der Waals surface area contributed by atoms with E-state index in [0.29, 0.717) is 10.8 Å². The number of para-hydroxylation sites is 2. The first-order valence-electron chi connectivity index (χ1n) is 8.27. The number of benzene rings is 2. The third-order valence-electron chi connectivity index (χ3n) is 3.63. The van der Waals surface area contributed by atoms with Gasteiger partial charge in [-0.25, -0.2) is 4.98 Å². The van der Waals surface area contributed by atoms with Crippen LogP contribution in [0.4, 0.5) is 0 Å². The van der Waals surface area contributed by atoms with Crippen molar-refractivity contribution in [3.05, 3.63) is 53.6 Å². The van der Waals surface area contributed by atoms with Gasteiger partial charge in [-0.3, -0.25) is 20.4 Å². The minimum atomic E-state index is -0.327. The molecule has 3 rings (SSSR count). The van der Waals surface area contributed by atoms with Gasteiger partial charge in [-0.1, -0.05) is 41.6 Å². The number of hydrazine groups is 1. The van der Waals surface area contributed by atoms with Crippen LogP contribution in [0.15, 0.2) is 57.0 Å². The standard InChI is InChI=1S/C19H19N3O3S2/c1-12-7-8-16(13(2)9-12)26-10-17(23)21-22-18(24)11-27-19-20-14-5-3-4-6-15(14)25-19/h3-9H,10-11H2,1-2H3,(H,21,23)(H,22,24). The van der Waals surface area contributed by atoms with Gasteiger partial charge in [0.2, 0.25) is 11.8 Å². The predicted octanol–water partition coefficient (Wildman–Crippen LogP) is 3.48. The van der Waals surface area contributed by atoms with Crippen LogP contribution in [0.25, 0.3) is 11.1 Å². The molecule has 1 aromatic heterocycles. The molecule has 27 heavy (non-hydrogen) atoms. The molecule has 0 bridgehead atoms. The number of carbonyl (C=O) groups is 2. The molecule has 2 amide bonds. The highest BCUT2D eigenvalue weighted by Gasteiger charge is 2.10. The average Bonchev–Trinajstić information content (AvgIpc) is 3.07. The molecule has 3 aromatic rings. The zero-order valence-corrected chi connectivity index (χ0v) is 16.6. The third kappa shape index (κ3) is 5.51. The Labute approximate surface area is 165 Å². The lowest BCUT2D eigenvalue weighted by molar-refractivity contribution is -0.126. The van der Waals surface area contributed by atoms with E-state index in [0.717, 1.165) is 16.0 Å². The Kier molecular flexibility index (Phi) is 6.41. The van der Waals surface area contributed by atoms with Crippen molar-refractivity contribution in [1.82, 2.24) is 15.8 Å². The highest BCUT2D eigenvalue weighted by atomic mass is 32.2. The number of amides is 2. The fourth-order valence-corrected chi connectivity index (χ4v) is 3.80. The quantitative estimate of drug-likeness (QED) is 0.486. The highest BCUT2D eigenvalue weighted by molar-refractivity contribution is 8.00. The summed E-state index contributed by atoms with van der Waals surface area (Å²) >= 11 is 2.61. The summed E-state index contributed by atoms with van der Waals surface area (Å²) in [5.74, 6) is -0.271. The van der Waals surface area contributed by atoms with Crippen molar-refractivity contribution in [3.63, 3.8) is 0 Å². The number of hydrogen-bond acceptors (Lipinski definition) is 6. The van der Waals surface area contributed by atoms with Gasteiger partial charge < -0.3 is 4.42 Å². The van der Waals surface area contributed by atoms with Crippen LogP contribution in [0.1, 0.15) is 11.1 Å². The van der Waals surface area contributed by atoms with Crippen molar-refractivity contribution in [2.75, 3.05) is 11.5 Å². The van der Waals surface area contributed by atoms with E-state index in [1.54, 1.807) is 0 Å². The van der Waals surface area contributed by atoms with Crippen LogP contribution in [-0.4, -0.2) is 28.3 Å². The molecule has 2 N–H and O–H groups in total. The Morgan fingerprint density at radius 1 is 1.00 bits per heavy atom. The molecule has 0 atom stereocenters. The minimum absolute atomic E-state index is 0.0946. The maximum absolute atomic E-state index is 11.9. The number of rotatable bonds is 6. The number of fused-ring (bicyclic) bond motifs is 1. The zero-order chi connectivity index (χ0) is 19.2. The number of thioether (sulfide) groups is 2. The second-order valence-electron chi connectivity index (χ2n) is 5.89. The molecule has 0 fully saturated rings. The molecule has 0 aliphatic rings. The summed E-state index contributed by atoms with van der Waals surface area (Å²) < 4.78 is 5.53. The van der Waals surface area contributed by atoms with Crippen molar-refractivity contribution in [1.29, 1.82) is 0 Å². The number of carbonyl (C=O) groups excluding carboxylic acids is 2. The molecule has 1 heterocycles. The Balaban J connectivity index is 1.39. The van der Waals surface area contributed by atoms with Gasteiger partial charge in [0.25, 0.3) is 5.22 Å². The molecular formula is C19H19N3O3S2. The van der Waals surface area contributed by atoms with E-state index in [1.807, 2.05) is 50.2 Å². The van der Waals surface area contributed by atoms with Gasteiger partial charge in [0.15, 0.2) is 5.58 Å². The van der Waals surface area contributed by atoms with Gasteiger partial charge in [0.05, 0.1) is 11.5 Å². The lowest BCUT2D eigenvalue weighted by atomic mass is 10.2. The molecule has 0 spiro atoms. The van der Waals surface area contributed by atoms with Crippen molar-refractivity contribution < 1.29 is 14.0 Å². The largest absolute Gasteiger partial charge is 0.431 e. The molecule has 6 nitrogen and oxygen atoms in total. The first kappa shape index (κ1) is 19.3. The summed E-state index contributed by atoms with van der Waals surface area (Å²) in [7, 11) is 0. The summed E-state index contributed by atoms with van der Waals surface area (Å²) in [5, 5.41) is 0.420. The summed E-state index contributed by atoms with van der Waals surface area (Å²) in [5.41, 5.74) is 8.57. The van der Waals surface area contributed by atoms with Crippen LogP contribution >= 0.6 is 23.5 Å². The van der Waals surface area contributed by atoms with E-state index in [4.69, 9.17) is 4.42 Å². The van der Waals surface area contributed by atoms with Crippen LogP contribution in [0.5, 0.6) is 0 Å². The SMILES string of the molecule is Cc1ccc(SCC(=O)NNC(=O)CSc2nc3ccccc3o2)c(C)c1. The normalized spacial score (nSPS) is 10.7. The lowest BCUT2D eigenvalue weighted by Crippen LogP contribution is -2.43. The average molecular weight is 402 g/mol. The van der Waals surface area contributed by atoms with Crippen LogP contribution in [0, 0.1) is 13.8 Å². The maximum atomic E-state index is 11.9. The number of nitrogens with zero attached hydrogens (tertiary/aromatic N) is 1. The second-order valence-corrected chi connectivity index (χ2v) is 7.83. The number of hydrogen-bond donors (Lipinski definition) is 2. The monoisotopic (exact) mass is 401 g/mol. The highest BCUT2D eigenvalue weighted by Crippen LogP contribution is 2.23. The molecule has 0 unspecified atom stereocenters. The van der Waals surface area contributed by atoms with Crippen molar-refractivity contribution in [2.45, 2.75) is 24.0 Å². The summed E-state index contributed by atoms with van der Waals surface area (Å²) in [6.45, 7) is 4.04. The topological polar surface area (TPSA) is 84.2 Å². The smallest absolute Gasteiger partial charge is 0.257 e. The molecule has 0 saturated heterocycles. The van der Waals surface area contributed by atoms with Crippen LogP contribution in [0.3, 0.4) is 0 Å². The van der Waals surface area contributed by atoms with Gasteiger partial charge in [0.1, 0.15) is 5.52 Å². The van der Waals surface area contributed by atoms with Gasteiger partial charge in [-0.15, -0.1) is 11.8 Å². The number of aryl methyl sites for hydroxylation is 2. The van der Waals surface area contributed by atoms with Crippen molar-refractivity contribution >= 4 is 46.4 Å². The van der Waals surface area contributed by atoms with Gasteiger partial charge >= 0.3 is 0 Å². The second kappa shape index (κ2) is 8.96. The molecule has 2 aromatic carbocycles. The van der Waals surface area contributed by atoms with E-state index >= 15 is 0 Å². The van der Waals surface area contributed by atoms with Crippen molar-refractivity contribution in [3.8, 4) is 0 Å². The summed E-state index contributed by atoms with van der Waals surface area (Å²) in [6, 6.07) is 13.5. The van der Waals surface area contributed by atoms with E-state index in [-0.39, 0.29) is 23.3 Å². The maximum Gasteiger partial charge on any atom is 0.257 e. The molecule has 0 saturated carbocycles. The van der Waals surface area contributed by atoms with E-state index < -0.39 is 0 Å². The first-order valence-corrected chi connectivity index (χ1v) is 10.2. The zero-order valence-electron chi connectivity index (χ0n) is 14.9. The number of nitrogens with one attached hydrogen (secondary N) is 2. The Morgan fingerprint density at radius 3 is 2.41 bits per heavy atom. The van der Waals surface area contributed by atoms with Crippen molar-refractivity contribution in [2.24, 2.45) is 0 Å². The number of aromatic nitrogens is 1. The Hall–Kier alpha value is -2.45. The van der Waals surface area contributed by atoms with Crippen LogP contribution in [-0.2, 0) is 9.59 Å². The molecule has 0 aliphatic heterocycles. The first-order chi connectivity index (χ1) is 13.0. The minimum Gasteiger partial charge on any atom is -0.431 e. The fourth-order valence-electron chi connectivity index (χ4n) is 2.36. The van der Waals surface area contributed by atoms with Crippen LogP contribution in [0.2, 0.25) is 0 Å². The van der Waals surface area contributed by atoms with E-state index in [2.05, 4.69) is 21.9 Å². The van der Waals surface area contributed by atoms with Crippen LogP contribution < -0.4 is 10.9 Å². The molecule has 140 valence electrons. The predicted molar refractivity (Wildman–Crippen MR) is 108 cm³/mol. The number of oxazole rings is 1. The van der Waals surface area contributed by atoms with Gasteiger partial charge in [0, 0.05) is 4.90 Å². The molecule has 0 radical (unpaired) electrons. The fraction of sp³-hybridized carbons (Fsp3) is 0.211. The third-order valence-corrected chi connectivity index (χ3v) is 5.64. The van der Waals surface area contributed by atoms with Gasteiger partial charge in [-0.05, 0) is 37.6 Å². The molecular weight excluding hydrogens is 382 g/mol. The Bertz CT molecular complexity index is 939. The molecule has 8 heteroatoms. The van der Waals surface area contributed by atoms with E-state index in [9.17, 15) is 9.59 Å². The van der Waals surface area contributed by atoms with E-state index in [1.165, 1.54) is 29.1 Å². The summed E-state index contributed by atoms with van der Waals surface area (Å²) in [4.78, 5) is 29.1. The Morgan fingerprint density at radius 2 is 1.70 bits per heavy atom. The molecule has 0 aliphatic carbocycles. The lowest BCUT2D eigenvalue weighted by Gasteiger charge is -2.08.